The first kappa shape index (κ1) is 12.1. The van der Waals surface area contributed by atoms with E-state index in [1.165, 1.54) is 4.90 Å². The molecule has 1 aromatic carbocycles. The summed E-state index contributed by atoms with van der Waals surface area (Å²) in [5.41, 5.74) is 1.12. The molecule has 17 heavy (non-hydrogen) atoms. The first-order valence-corrected chi connectivity index (χ1v) is 6.37. The van der Waals surface area contributed by atoms with Gasteiger partial charge in [0.15, 0.2) is 0 Å². The third-order valence-corrected chi connectivity index (χ3v) is 3.14. The Kier molecular flexibility index (Phi) is 4.53. The van der Waals surface area contributed by atoms with Crippen molar-refractivity contribution in [3.63, 3.8) is 0 Å². The molecule has 1 atom stereocenters. The van der Waals surface area contributed by atoms with E-state index < -0.39 is 0 Å². The lowest BCUT2D eigenvalue weighted by atomic mass is 10.2. The van der Waals surface area contributed by atoms with Crippen molar-refractivity contribution in [1.29, 1.82) is 0 Å². The molecule has 90 valence electrons. The quantitative estimate of drug-likeness (QED) is 0.785. The van der Waals surface area contributed by atoms with Crippen molar-refractivity contribution >= 4 is 17.6 Å². The van der Waals surface area contributed by atoms with Crippen LogP contribution in [0.3, 0.4) is 0 Å². The highest BCUT2D eigenvalue weighted by molar-refractivity contribution is 7.97. The maximum atomic E-state index is 5.45. The van der Waals surface area contributed by atoms with E-state index in [0.29, 0.717) is 0 Å². The molecule has 4 heteroatoms. The third-order valence-electron chi connectivity index (χ3n) is 2.36. The van der Waals surface area contributed by atoms with Crippen LogP contribution in [0.5, 0.6) is 0 Å². The van der Waals surface area contributed by atoms with Crippen molar-refractivity contribution in [3.8, 4) is 0 Å². The molecule has 1 aliphatic heterocycles. The lowest BCUT2D eigenvalue weighted by Gasteiger charge is -2.17. The maximum absolute atomic E-state index is 5.45. The van der Waals surface area contributed by atoms with Gasteiger partial charge in [-0.1, -0.05) is 18.2 Å². The second-order valence-corrected chi connectivity index (χ2v) is 4.62. The van der Waals surface area contributed by atoms with Crippen LogP contribution in [0.4, 0.5) is 5.69 Å². The number of ether oxygens (including phenoxy) is 1. The number of benzene rings is 1. The minimum absolute atomic E-state index is 0.104. The summed E-state index contributed by atoms with van der Waals surface area (Å²) in [4.78, 5) is 1.19. The predicted octanol–water partition coefficient (Wildman–Crippen LogP) is 2.79. The van der Waals surface area contributed by atoms with Gasteiger partial charge in [-0.2, -0.15) is 0 Å². The Morgan fingerprint density at radius 3 is 2.94 bits per heavy atom. The van der Waals surface area contributed by atoms with Crippen LogP contribution in [-0.2, 0) is 4.74 Å². The molecule has 0 radical (unpaired) electrons. The van der Waals surface area contributed by atoms with Crippen LogP contribution in [0.2, 0.25) is 0 Å². The molecule has 1 heterocycles. The van der Waals surface area contributed by atoms with Crippen LogP contribution in [-0.4, -0.2) is 19.7 Å². The van der Waals surface area contributed by atoms with Gasteiger partial charge in [-0.15, -0.1) is 0 Å². The maximum Gasteiger partial charge on any atom is 0.133 e. The Bertz CT molecular complexity index is 418. The minimum atomic E-state index is 0.104. The van der Waals surface area contributed by atoms with E-state index in [1.807, 2.05) is 37.4 Å². The number of rotatable bonds is 5. The molecule has 0 saturated heterocycles. The van der Waals surface area contributed by atoms with Gasteiger partial charge in [0.1, 0.15) is 6.10 Å². The number of hydrogen-bond acceptors (Lipinski definition) is 4. The van der Waals surface area contributed by atoms with E-state index in [4.69, 9.17) is 4.74 Å². The second kappa shape index (κ2) is 6.37. The van der Waals surface area contributed by atoms with Crippen molar-refractivity contribution in [2.24, 2.45) is 0 Å². The molecular weight excluding hydrogens is 232 g/mol. The fraction of sp³-hybridized carbons (Fsp3) is 0.231. The number of hydrogen-bond donors (Lipinski definition) is 2. The van der Waals surface area contributed by atoms with Crippen LogP contribution in [0.25, 0.3) is 0 Å². The summed E-state index contributed by atoms with van der Waals surface area (Å²) in [6.07, 6.45) is 7.76. The summed E-state index contributed by atoms with van der Waals surface area (Å²) >= 11 is 1.60. The smallest absolute Gasteiger partial charge is 0.133 e. The summed E-state index contributed by atoms with van der Waals surface area (Å²) in [5.74, 6) is 0. The van der Waals surface area contributed by atoms with E-state index in [9.17, 15) is 0 Å². The van der Waals surface area contributed by atoms with Crippen LogP contribution < -0.4 is 10.0 Å². The van der Waals surface area contributed by atoms with E-state index in [1.54, 1.807) is 18.2 Å². The van der Waals surface area contributed by atoms with Gasteiger partial charge in [-0.05, 0) is 43.3 Å². The molecular formula is C13H16N2OS. The van der Waals surface area contributed by atoms with E-state index in [2.05, 4.69) is 22.2 Å². The van der Waals surface area contributed by atoms with Crippen molar-refractivity contribution in [2.75, 3.05) is 18.9 Å². The zero-order valence-corrected chi connectivity index (χ0v) is 10.5. The van der Waals surface area contributed by atoms with Crippen LogP contribution >= 0.6 is 11.9 Å². The van der Waals surface area contributed by atoms with Crippen molar-refractivity contribution in [1.82, 2.24) is 4.72 Å². The van der Waals surface area contributed by atoms with Gasteiger partial charge in [0.05, 0.1) is 12.8 Å². The van der Waals surface area contributed by atoms with Crippen molar-refractivity contribution in [2.45, 2.75) is 11.0 Å². The van der Waals surface area contributed by atoms with Gasteiger partial charge >= 0.3 is 0 Å². The van der Waals surface area contributed by atoms with Crippen molar-refractivity contribution in [3.05, 3.63) is 48.8 Å². The first-order valence-electron chi connectivity index (χ1n) is 5.55. The highest BCUT2D eigenvalue weighted by atomic mass is 32.2. The Balaban J connectivity index is 1.93. The summed E-state index contributed by atoms with van der Waals surface area (Å²) in [6.45, 7) is 0.766. The Labute approximate surface area is 106 Å². The molecule has 0 aliphatic carbocycles. The largest absolute Gasteiger partial charge is 0.492 e. The fourth-order valence-corrected chi connectivity index (χ4v) is 2.18. The van der Waals surface area contributed by atoms with Gasteiger partial charge in [-0.3, -0.25) is 4.72 Å². The van der Waals surface area contributed by atoms with Gasteiger partial charge in [0.25, 0.3) is 0 Å². The van der Waals surface area contributed by atoms with E-state index >= 15 is 0 Å². The molecule has 2 rings (SSSR count). The lowest BCUT2D eigenvalue weighted by Crippen LogP contribution is -2.20. The van der Waals surface area contributed by atoms with Gasteiger partial charge in [-0.25, -0.2) is 0 Å². The summed E-state index contributed by atoms with van der Waals surface area (Å²) in [7, 11) is 1.92. The third kappa shape index (κ3) is 3.54. The Morgan fingerprint density at radius 2 is 2.18 bits per heavy atom. The fourth-order valence-electron chi connectivity index (χ4n) is 1.56. The van der Waals surface area contributed by atoms with Crippen LogP contribution in [0, 0.1) is 0 Å². The summed E-state index contributed by atoms with van der Waals surface area (Å²) < 4.78 is 8.53. The Morgan fingerprint density at radius 1 is 1.29 bits per heavy atom. The topological polar surface area (TPSA) is 33.3 Å². The minimum Gasteiger partial charge on any atom is -0.492 e. The van der Waals surface area contributed by atoms with Gasteiger partial charge in [0.2, 0.25) is 0 Å². The molecule has 1 aromatic rings. The van der Waals surface area contributed by atoms with E-state index in [-0.39, 0.29) is 6.10 Å². The molecule has 2 N–H and O–H groups in total. The normalized spacial score (nSPS) is 17.8. The van der Waals surface area contributed by atoms with Crippen molar-refractivity contribution < 1.29 is 4.74 Å². The average molecular weight is 248 g/mol. The monoisotopic (exact) mass is 248 g/mol. The predicted molar refractivity (Wildman–Crippen MR) is 73.0 cm³/mol. The summed E-state index contributed by atoms with van der Waals surface area (Å²) in [5, 5.41) is 3.40. The molecule has 0 fully saturated rings. The number of anilines is 1. The zero-order chi connectivity index (χ0) is 11.9. The van der Waals surface area contributed by atoms with E-state index in [0.717, 1.165) is 12.2 Å². The second-order valence-electron chi connectivity index (χ2n) is 3.57. The average Bonchev–Trinajstić information content (AvgIpc) is 2.39. The standard InChI is InChI=1S/C13H16N2OS/c1-14-17-13-8-3-2-7-12(13)15-10-11-6-4-5-9-16-11/h2-9,11,14-15H,10H2,1H3. The lowest BCUT2D eigenvalue weighted by molar-refractivity contribution is 0.194. The SMILES string of the molecule is CNSc1ccccc1NCC1C=CC=CO1. The van der Waals surface area contributed by atoms with Gasteiger partial charge in [0, 0.05) is 10.6 Å². The van der Waals surface area contributed by atoms with Crippen LogP contribution in [0.1, 0.15) is 0 Å². The summed E-state index contributed by atoms with van der Waals surface area (Å²) in [6, 6.07) is 8.22. The highest BCUT2D eigenvalue weighted by Crippen LogP contribution is 2.24. The number of allylic oxidation sites excluding steroid dienone is 2. The molecule has 0 saturated carbocycles. The first-order chi connectivity index (χ1) is 8.40. The molecule has 0 bridgehead atoms. The molecule has 0 aromatic heterocycles. The Hall–Kier alpha value is -1.39. The van der Waals surface area contributed by atoms with Crippen LogP contribution in [0.15, 0.2) is 53.7 Å². The molecule has 1 aliphatic rings. The molecule has 3 nitrogen and oxygen atoms in total. The van der Waals surface area contributed by atoms with Gasteiger partial charge < -0.3 is 10.1 Å². The number of nitrogens with one attached hydrogen (secondary N) is 2. The molecule has 0 amide bonds. The zero-order valence-electron chi connectivity index (χ0n) is 9.72. The number of para-hydroxylation sites is 1. The highest BCUT2D eigenvalue weighted by Gasteiger charge is 2.07. The molecule has 0 spiro atoms. The molecule has 1 unspecified atom stereocenters.